The van der Waals surface area contributed by atoms with Crippen molar-refractivity contribution in [3.8, 4) is 11.1 Å². The molecule has 0 aliphatic carbocycles. The second-order valence-electron chi connectivity index (χ2n) is 11.0. The third-order valence-electron chi connectivity index (χ3n) is 6.37. The first-order valence-electron chi connectivity index (χ1n) is 12.9. The minimum atomic E-state index is -1.01. The Balaban J connectivity index is 1.74. The summed E-state index contributed by atoms with van der Waals surface area (Å²) in [7, 11) is 0. The highest BCUT2D eigenvalue weighted by Gasteiger charge is 2.43. The molecule has 0 bridgehead atoms. The summed E-state index contributed by atoms with van der Waals surface area (Å²) in [5.41, 5.74) is 0.793. The molecule has 2 aromatic rings. The van der Waals surface area contributed by atoms with Gasteiger partial charge < -0.3 is 30.5 Å². The fraction of sp³-hybridized carbons (Fsp3) is 0.500. The first kappa shape index (κ1) is 30.0. The summed E-state index contributed by atoms with van der Waals surface area (Å²) in [6.45, 7) is 8.13. The van der Waals surface area contributed by atoms with E-state index in [0.717, 1.165) is 6.20 Å². The topological polar surface area (TPSA) is 141 Å². The van der Waals surface area contributed by atoms with Crippen molar-refractivity contribution in [2.75, 3.05) is 13.2 Å². The zero-order valence-corrected chi connectivity index (χ0v) is 22.8. The zero-order chi connectivity index (χ0) is 28.9. The number of hydrogen-bond donors (Lipinski definition) is 4. The minimum absolute atomic E-state index is 0.00717. The fourth-order valence-electron chi connectivity index (χ4n) is 4.44. The van der Waals surface area contributed by atoms with Crippen LogP contribution < -0.4 is 10.6 Å². The summed E-state index contributed by atoms with van der Waals surface area (Å²) in [5, 5.41) is 25.7. The molecule has 3 amide bonds. The molecule has 1 aromatic carbocycles. The largest absolute Gasteiger partial charge is 0.444 e. The molecule has 0 radical (unpaired) electrons. The SMILES string of the molecule is CC(C)[C@H](NC(=O)OC(C)(C)C)C(=O)N1C[C@H](O)C[C@H]1C(=O)N[C@@H](CO)c1ccc(-c2ccncc2F)cc1. The van der Waals surface area contributed by atoms with E-state index in [4.69, 9.17) is 4.74 Å². The smallest absolute Gasteiger partial charge is 0.408 e. The van der Waals surface area contributed by atoms with Crippen molar-refractivity contribution in [3.05, 3.63) is 54.1 Å². The average molecular weight is 545 g/mol. The van der Waals surface area contributed by atoms with Gasteiger partial charge in [0.05, 0.1) is 24.9 Å². The van der Waals surface area contributed by atoms with Crippen LogP contribution in [0.2, 0.25) is 0 Å². The number of aromatic nitrogens is 1. The molecule has 1 aliphatic heterocycles. The van der Waals surface area contributed by atoms with Crippen molar-refractivity contribution in [2.45, 2.75) is 70.9 Å². The average Bonchev–Trinajstić information content (AvgIpc) is 3.26. The summed E-state index contributed by atoms with van der Waals surface area (Å²) in [6.07, 6.45) is 0.925. The molecule has 212 valence electrons. The molecule has 0 unspecified atom stereocenters. The lowest BCUT2D eigenvalue weighted by Gasteiger charge is -2.31. The van der Waals surface area contributed by atoms with Crippen LogP contribution in [0.4, 0.5) is 9.18 Å². The molecule has 0 spiro atoms. The Kier molecular flexibility index (Phi) is 9.63. The van der Waals surface area contributed by atoms with E-state index in [2.05, 4.69) is 15.6 Å². The Morgan fingerprint density at radius 3 is 2.38 bits per heavy atom. The predicted molar refractivity (Wildman–Crippen MR) is 142 cm³/mol. The number of alkyl carbamates (subject to hydrolysis) is 1. The summed E-state index contributed by atoms with van der Waals surface area (Å²) in [4.78, 5) is 44.1. The number of aliphatic hydroxyl groups excluding tert-OH is 2. The van der Waals surface area contributed by atoms with E-state index >= 15 is 0 Å². The fourth-order valence-corrected chi connectivity index (χ4v) is 4.44. The highest BCUT2D eigenvalue weighted by molar-refractivity contribution is 5.92. The Morgan fingerprint density at radius 2 is 1.82 bits per heavy atom. The number of hydrogen-bond acceptors (Lipinski definition) is 7. The molecule has 11 heteroatoms. The van der Waals surface area contributed by atoms with Gasteiger partial charge in [0.1, 0.15) is 23.5 Å². The summed E-state index contributed by atoms with van der Waals surface area (Å²) in [5.74, 6) is -1.86. The lowest BCUT2D eigenvalue weighted by Crippen LogP contribution is -2.56. The lowest BCUT2D eigenvalue weighted by atomic mass is 10.0. The van der Waals surface area contributed by atoms with Crippen molar-refractivity contribution in [2.24, 2.45) is 5.92 Å². The van der Waals surface area contributed by atoms with Crippen molar-refractivity contribution in [1.82, 2.24) is 20.5 Å². The van der Waals surface area contributed by atoms with Gasteiger partial charge in [-0.25, -0.2) is 9.18 Å². The maximum atomic E-state index is 14.1. The van der Waals surface area contributed by atoms with Crippen LogP contribution in [0, 0.1) is 11.7 Å². The van der Waals surface area contributed by atoms with Crippen LogP contribution >= 0.6 is 0 Å². The molecule has 1 aliphatic rings. The number of carbonyl (C=O) groups excluding carboxylic acids is 3. The van der Waals surface area contributed by atoms with Gasteiger partial charge in [-0.05, 0) is 43.9 Å². The number of β-amino-alcohol motifs (C(OH)–C–C–N with tert-alkyl or cyclic N) is 1. The highest BCUT2D eigenvalue weighted by atomic mass is 19.1. The van der Waals surface area contributed by atoms with E-state index in [1.807, 2.05) is 0 Å². The molecular weight excluding hydrogens is 507 g/mol. The van der Waals surface area contributed by atoms with Gasteiger partial charge in [-0.15, -0.1) is 0 Å². The first-order chi connectivity index (χ1) is 18.3. The molecule has 1 saturated heterocycles. The minimum Gasteiger partial charge on any atom is -0.444 e. The van der Waals surface area contributed by atoms with Crippen molar-refractivity contribution < 1.29 is 33.7 Å². The molecule has 3 rings (SSSR count). The van der Waals surface area contributed by atoms with Gasteiger partial charge in [0.25, 0.3) is 0 Å². The molecule has 1 aromatic heterocycles. The number of nitrogens with zero attached hydrogens (tertiary/aromatic N) is 2. The van der Waals surface area contributed by atoms with Crippen molar-refractivity contribution >= 4 is 17.9 Å². The van der Waals surface area contributed by atoms with Gasteiger partial charge in [-0.3, -0.25) is 14.6 Å². The molecular formula is C28H37FN4O6. The van der Waals surface area contributed by atoms with E-state index in [1.54, 1.807) is 65.0 Å². The van der Waals surface area contributed by atoms with Gasteiger partial charge in [0, 0.05) is 24.7 Å². The Bertz CT molecular complexity index is 1170. The van der Waals surface area contributed by atoms with Gasteiger partial charge >= 0.3 is 6.09 Å². The summed E-state index contributed by atoms with van der Waals surface area (Å²) >= 11 is 0. The molecule has 4 N–H and O–H groups in total. The molecule has 39 heavy (non-hydrogen) atoms. The van der Waals surface area contributed by atoms with Crippen LogP contribution in [0.1, 0.15) is 52.6 Å². The van der Waals surface area contributed by atoms with Crippen LogP contribution in [0.15, 0.2) is 42.7 Å². The van der Waals surface area contributed by atoms with E-state index in [0.29, 0.717) is 16.7 Å². The van der Waals surface area contributed by atoms with Crippen molar-refractivity contribution in [3.63, 3.8) is 0 Å². The number of aliphatic hydroxyl groups is 2. The summed E-state index contributed by atoms with van der Waals surface area (Å²) < 4.78 is 19.4. The lowest BCUT2D eigenvalue weighted by molar-refractivity contribution is -0.141. The number of benzene rings is 1. The second-order valence-corrected chi connectivity index (χ2v) is 11.0. The number of halogens is 1. The van der Waals surface area contributed by atoms with E-state index in [-0.39, 0.29) is 18.9 Å². The molecule has 0 saturated carbocycles. The third-order valence-corrected chi connectivity index (χ3v) is 6.37. The Morgan fingerprint density at radius 1 is 1.15 bits per heavy atom. The Hall–Kier alpha value is -3.57. The number of amides is 3. The van der Waals surface area contributed by atoms with E-state index in [1.165, 1.54) is 11.1 Å². The van der Waals surface area contributed by atoms with Crippen LogP contribution in [0.3, 0.4) is 0 Å². The highest BCUT2D eigenvalue weighted by Crippen LogP contribution is 2.26. The summed E-state index contributed by atoms with van der Waals surface area (Å²) in [6, 6.07) is 5.45. The van der Waals surface area contributed by atoms with E-state index < -0.39 is 60.2 Å². The van der Waals surface area contributed by atoms with E-state index in [9.17, 15) is 29.0 Å². The van der Waals surface area contributed by atoms with Crippen LogP contribution in [0.5, 0.6) is 0 Å². The number of nitrogens with one attached hydrogen (secondary N) is 2. The number of rotatable bonds is 8. The van der Waals surface area contributed by atoms with Crippen LogP contribution in [-0.2, 0) is 14.3 Å². The number of likely N-dealkylation sites (tertiary alicyclic amines) is 1. The third kappa shape index (κ3) is 7.73. The number of pyridine rings is 1. The normalized spacial score (nSPS) is 18.9. The second kappa shape index (κ2) is 12.5. The molecule has 4 atom stereocenters. The Labute approximate surface area is 227 Å². The number of ether oxygens (including phenoxy) is 1. The quantitative estimate of drug-likeness (QED) is 0.400. The van der Waals surface area contributed by atoms with Gasteiger partial charge in [0.15, 0.2) is 0 Å². The monoisotopic (exact) mass is 544 g/mol. The molecule has 1 fully saturated rings. The van der Waals surface area contributed by atoms with Gasteiger partial charge in [-0.1, -0.05) is 38.1 Å². The maximum Gasteiger partial charge on any atom is 0.408 e. The molecule has 2 heterocycles. The maximum absolute atomic E-state index is 14.1. The standard InChI is InChI=1S/C28H37FN4O6/c1-16(2)24(32-27(38)39-28(3,4)5)26(37)33-14-19(35)12-23(33)25(36)31-22(15-34)18-8-6-17(7-9-18)20-10-11-30-13-21(20)29/h6-11,13,16,19,22-24,34-35H,12,14-15H2,1-5H3,(H,31,36)(H,32,38)/t19-,22+,23+,24+/m1/s1. The number of carbonyl (C=O) groups is 3. The molecule has 10 nitrogen and oxygen atoms in total. The van der Waals surface area contributed by atoms with Gasteiger partial charge in [0.2, 0.25) is 11.8 Å². The zero-order valence-electron chi connectivity index (χ0n) is 22.8. The van der Waals surface area contributed by atoms with Gasteiger partial charge in [-0.2, -0.15) is 0 Å². The van der Waals surface area contributed by atoms with Crippen molar-refractivity contribution in [1.29, 1.82) is 0 Å². The first-order valence-corrected chi connectivity index (χ1v) is 12.9. The van der Waals surface area contributed by atoms with Crippen LogP contribution in [0.25, 0.3) is 11.1 Å². The van der Waals surface area contributed by atoms with Crippen LogP contribution in [-0.4, -0.2) is 74.9 Å². The predicted octanol–water partition coefficient (Wildman–Crippen LogP) is 2.55.